The van der Waals surface area contributed by atoms with E-state index in [1.807, 2.05) is 35.9 Å². The molecule has 0 N–H and O–H groups in total. The van der Waals surface area contributed by atoms with Gasteiger partial charge in [0.1, 0.15) is 0 Å². The Hall–Kier alpha value is -2.15. The van der Waals surface area contributed by atoms with Gasteiger partial charge in [-0.25, -0.2) is 0 Å². The van der Waals surface area contributed by atoms with E-state index in [2.05, 4.69) is 15.1 Å². The molecule has 0 aliphatic heterocycles. The number of aryl methyl sites for hydroxylation is 1. The van der Waals surface area contributed by atoms with Crippen molar-refractivity contribution < 1.29 is 0 Å². The van der Waals surface area contributed by atoms with Crippen molar-refractivity contribution in [2.75, 3.05) is 6.26 Å². The summed E-state index contributed by atoms with van der Waals surface area (Å²) in [5.74, 6) is 0.546. The molecule has 3 heterocycles. The van der Waals surface area contributed by atoms with E-state index >= 15 is 0 Å². The third kappa shape index (κ3) is 2.20. The maximum Gasteiger partial charge on any atom is 0.275 e. The van der Waals surface area contributed by atoms with Crippen LogP contribution in [0, 0.1) is 6.92 Å². The Balaban J connectivity index is 2.19. The summed E-state index contributed by atoms with van der Waals surface area (Å²) in [4.78, 5) is 20.7. The predicted molar refractivity (Wildman–Crippen MR) is 77.1 cm³/mol. The molecule has 3 aromatic rings. The van der Waals surface area contributed by atoms with Gasteiger partial charge in [0.25, 0.3) is 5.56 Å². The van der Waals surface area contributed by atoms with Crippen LogP contribution in [-0.2, 0) is 6.54 Å². The van der Waals surface area contributed by atoms with Crippen molar-refractivity contribution in [2.24, 2.45) is 0 Å². The van der Waals surface area contributed by atoms with Gasteiger partial charge in [0.15, 0.2) is 0 Å². The van der Waals surface area contributed by atoms with E-state index < -0.39 is 0 Å². The molecule has 0 aromatic carbocycles. The summed E-state index contributed by atoms with van der Waals surface area (Å²) in [5.41, 5.74) is 1.59. The van der Waals surface area contributed by atoms with Crippen molar-refractivity contribution in [1.82, 2.24) is 24.1 Å². The highest BCUT2D eigenvalue weighted by atomic mass is 32.2. The number of thioether (sulfide) groups is 1. The molecule has 0 spiro atoms. The molecule has 20 heavy (non-hydrogen) atoms. The molecule has 0 amide bonds. The Morgan fingerprint density at radius 3 is 2.90 bits per heavy atom. The average molecular weight is 287 g/mol. The van der Waals surface area contributed by atoms with Crippen LogP contribution in [0.3, 0.4) is 0 Å². The van der Waals surface area contributed by atoms with E-state index in [4.69, 9.17) is 0 Å². The molecule has 0 fully saturated rings. The van der Waals surface area contributed by atoms with Crippen LogP contribution in [-0.4, -0.2) is 30.4 Å². The lowest BCUT2D eigenvalue weighted by atomic mass is 10.3. The van der Waals surface area contributed by atoms with Crippen LogP contribution in [0.5, 0.6) is 0 Å². The van der Waals surface area contributed by atoms with E-state index in [1.165, 1.54) is 16.3 Å². The van der Waals surface area contributed by atoms with Gasteiger partial charge in [0, 0.05) is 18.0 Å². The first-order valence-electron chi connectivity index (χ1n) is 6.10. The second-order valence-electron chi connectivity index (χ2n) is 4.34. The van der Waals surface area contributed by atoms with Gasteiger partial charge in [-0.3, -0.25) is 9.78 Å². The largest absolute Gasteiger partial charge is 0.308 e. The summed E-state index contributed by atoms with van der Waals surface area (Å²) in [6.45, 7) is 2.45. The van der Waals surface area contributed by atoms with Crippen LogP contribution in [0.15, 0.2) is 40.4 Å². The Morgan fingerprint density at radius 1 is 1.35 bits per heavy atom. The van der Waals surface area contributed by atoms with Gasteiger partial charge < -0.3 is 4.57 Å². The molecule has 3 aromatic heterocycles. The maximum absolute atomic E-state index is 12.0. The van der Waals surface area contributed by atoms with E-state index in [0.29, 0.717) is 17.5 Å². The van der Waals surface area contributed by atoms with Crippen molar-refractivity contribution >= 4 is 17.5 Å². The van der Waals surface area contributed by atoms with Crippen LogP contribution < -0.4 is 5.56 Å². The maximum atomic E-state index is 12.0. The quantitative estimate of drug-likeness (QED) is 0.681. The summed E-state index contributed by atoms with van der Waals surface area (Å²) in [7, 11) is 0. The Labute approximate surface area is 119 Å². The number of fused-ring (bicyclic) bond motifs is 1. The molecular formula is C13H13N5OS. The van der Waals surface area contributed by atoms with Crippen molar-refractivity contribution in [3.05, 3.63) is 52.2 Å². The SMILES string of the molecule is CSc1nc2n(Cc3ccccn3)c(C)cc(=O)n2n1. The second-order valence-corrected chi connectivity index (χ2v) is 5.11. The first-order chi connectivity index (χ1) is 9.69. The van der Waals surface area contributed by atoms with Gasteiger partial charge in [-0.05, 0) is 25.3 Å². The lowest BCUT2D eigenvalue weighted by Gasteiger charge is -2.10. The fourth-order valence-corrected chi connectivity index (χ4v) is 2.36. The Bertz CT molecular complexity index is 809. The second kappa shape index (κ2) is 5.09. The van der Waals surface area contributed by atoms with Crippen LogP contribution in [0.1, 0.15) is 11.4 Å². The molecule has 7 heteroatoms. The number of aromatic nitrogens is 5. The molecule has 0 radical (unpaired) electrons. The van der Waals surface area contributed by atoms with E-state index in [0.717, 1.165) is 11.4 Å². The van der Waals surface area contributed by atoms with Crippen LogP contribution in [0.2, 0.25) is 0 Å². The third-order valence-corrected chi connectivity index (χ3v) is 3.55. The summed E-state index contributed by atoms with van der Waals surface area (Å²) in [5, 5.41) is 4.77. The summed E-state index contributed by atoms with van der Waals surface area (Å²) in [6.07, 6.45) is 3.64. The zero-order valence-electron chi connectivity index (χ0n) is 11.1. The van der Waals surface area contributed by atoms with Crippen LogP contribution in [0.25, 0.3) is 5.78 Å². The smallest absolute Gasteiger partial charge is 0.275 e. The van der Waals surface area contributed by atoms with Gasteiger partial charge in [-0.1, -0.05) is 17.8 Å². The van der Waals surface area contributed by atoms with E-state index in [1.54, 1.807) is 12.3 Å². The number of nitrogens with zero attached hydrogens (tertiary/aromatic N) is 5. The minimum Gasteiger partial charge on any atom is -0.308 e. The molecule has 0 bridgehead atoms. The summed E-state index contributed by atoms with van der Waals surface area (Å²) in [6, 6.07) is 7.32. The highest BCUT2D eigenvalue weighted by Crippen LogP contribution is 2.12. The standard InChI is InChI=1S/C13H13N5OS/c1-9-7-11(19)18-13(15-12(16-18)20-2)17(9)8-10-5-3-4-6-14-10/h3-7H,8H2,1-2H3. The lowest BCUT2D eigenvalue weighted by Crippen LogP contribution is -2.20. The fourth-order valence-electron chi connectivity index (χ4n) is 2.02. The number of hydrogen-bond donors (Lipinski definition) is 0. The van der Waals surface area contributed by atoms with Crippen molar-refractivity contribution in [1.29, 1.82) is 0 Å². The number of hydrogen-bond acceptors (Lipinski definition) is 5. The van der Waals surface area contributed by atoms with Crippen LogP contribution >= 0.6 is 11.8 Å². The highest BCUT2D eigenvalue weighted by molar-refractivity contribution is 7.98. The molecule has 0 saturated carbocycles. The molecule has 0 saturated heterocycles. The van der Waals surface area contributed by atoms with Gasteiger partial charge >= 0.3 is 0 Å². The van der Waals surface area contributed by atoms with Crippen molar-refractivity contribution in [3.63, 3.8) is 0 Å². The molecule has 0 aliphatic carbocycles. The minimum atomic E-state index is -0.164. The Morgan fingerprint density at radius 2 is 2.20 bits per heavy atom. The molecule has 102 valence electrons. The van der Waals surface area contributed by atoms with Crippen LogP contribution in [0.4, 0.5) is 0 Å². The highest BCUT2D eigenvalue weighted by Gasteiger charge is 2.12. The molecule has 3 rings (SSSR count). The molecule has 0 aliphatic rings. The topological polar surface area (TPSA) is 65.1 Å². The molecular weight excluding hydrogens is 274 g/mol. The van der Waals surface area contributed by atoms with Gasteiger partial charge in [-0.15, -0.1) is 5.10 Å². The van der Waals surface area contributed by atoms with Gasteiger partial charge in [0.2, 0.25) is 10.9 Å². The van der Waals surface area contributed by atoms with E-state index in [9.17, 15) is 4.79 Å². The average Bonchev–Trinajstić information content (AvgIpc) is 2.89. The molecule has 6 nitrogen and oxygen atoms in total. The summed E-state index contributed by atoms with van der Waals surface area (Å²) < 4.78 is 3.28. The third-order valence-electron chi connectivity index (χ3n) is 3.01. The predicted octanol–water partition coefficient (Wildman–Crippen LogP) is 1.36. The zero-order valence-corrected chi connectivity index (χ0v) is 12.0. The lowest BCUT2D eigenvalue weighted by molar-refractivity contribution is 0.716. The van der Waals surface area contributed by atoms with Crippen molar-refractivity contribution in [2.45, 2.75) is 18.6 Å². The fraction of sp³-hybridized carbons (Fsp3) is 0.231. The normalized spacial score (nSPS) is 11.1. The first-order valence-corrected chi connectivity index (χ1v) is 7.32. The van der Waals surface area contributed by atoms with Gasteiger partial charge in [0.05, 0.1) is 12.2 Å². The first kappa shape index (κ1) is 12.9. The van der Waals surface area contributed by atoms with Gasteiger partial charge in [-0.2, -0.15) is 9.50 Å². The molecule has 0 atom stereocenters. The monoisotopic (exact) mass is 287 g/mol. The summed E-state index contributed by atoms with van der Waals surface area (Å²) >= 11 is 1.41. The number of rotatable bonds is 3. The molecule has 0 unspecified atom stereocenters. The van der Waals surface area contributed by atoms with Crippen molar-refractivity contribution in [3.8, 4) is 0 Å². The van der Waals surface area contributed by atoms with E-state index in [-0.39, 0.29) is 5.56 Å². The number of pyridine rings is 1. The zero-order chi connectivity index (χ0) is 14.1. The minimum absolute atomic E-state index is 0.164. The Kier molecular flexibility index (Phi) is 3.27.